The molecule has 4 rings (SSSR count). The molecule has 0 fully saturated rings. The van der Waals surface area contributed by atoms with Gasteiger partial charge in [-0.25, -0.2) is 4.68 Å². The monoisotopic (exact) mass is 415 g/mol. The normalized spacial score (nSPS) is 11.1. The van der Waals surface area contributed by atoms with Gasteiger partial charge in [-0.2, -0.15) is 5.10 Å². The zero-order chi connectivity index (χ0) is 20.8. The van der Waals surface area contributed by atoms with E-state index in [1.807, 2.05) is 41.1 Å². The van der Waals surface area contributed by atoms with E-state index < -0.39 is 0 Å². The van der Waals surface area contributed by atoms with Gasteiger partial charge in [-0.3, -0.25) is 14.5 Å². The number of aromatic nitrogens is 4. The molecule has 4 aromatic rings. The zero-order valence-electron chi connectivity index (χ0n) is 17.1. The molecule has 0 amide bonds. The first-order valence-corrected chi connectivity index (χ1v) is 10.5. The highest BCUT2D eigenvalue weighted by Crippen LogP contribution is 2.19. The molecule has 0 saturated carbocycles. The molecule has 6 heteroatoms. The molecule has 2 heterocycles. The maximum Gasteiger partial charge on any atom is 0.199 e. The van der Waals surface area contributed by atoms with Crippen molar-refractivity contribution in [2.24, 2.45) is 0 Å². The van der Waals surface area contributed by atoms with Gasteiger partial charge in [0.25, 0.3) is 0 Å². The average molecular weight is 416 g/mol. The fraction of sp³-hybridized carbons (Fsp3) is 0.208. The van der Waals surface area contributed by atoms with Crippen LogP contribution in [-0.4, -0.2) is 30.8 Å². The first kappa shape index (κ1) is 20.2. The predicted molar refractivity (Wildman–Crippen MR) is 122 cm³/mol. The number of hydrogen-bond acceptors (Lipinski definition) is 4. The second kappa shape index (κ2) is 9.61. The lowest BCUT2D eigenvalue weighted by Gasteiger charge is -2.20. The summed E-state index contributed by atoms with van der Waals surface area (Å²) in [5.74, 6) is 0.863. The van der Waals surface area contributed by atoms with Crippen molar-refractivity contribution in [3.8, 4) is 11.4 Å². The summed E-state index contributed by atoms with van der Waals surface area (Å²) in [5.41, 5.74) is 3.49. The maximum absolute atomic E-state index is 5.86. The standard InChI is InChI=1S/C24H25N5S/c1-2-27(17-20-9-5-3-6-10-20)19-29-24(30)28(18-21-11-7-4-8-12-21)23(26-29)22-13-15-25-16-14-22/h3-16H,2,17-19H2,1H3. The molecule has 0 aliphatic carbocycles. The van der Waals surface area contributed by atoms with Gasteiger partial charge in [0.15, 0.2) is 10.6 Å². The van der Waals surface area contributed by atoms with E-state index in [1.54, 1.807) is 12.4 Å². The Hall–Kier alpha value is -3.09. The van der Waals surface area contributed by atoms with E-state index in [0.29, 0.717) is 13.2 Å². The van der Waals surface area contributed by atoms with E-state index >= 15 is 0 Å². The van der Waals surface area contributed by atoms with Crippen LogP contribution in [0.1, 0.15) is 18.1 Å². The number of rotatable bonds is 8. The Bertz CT molecular complexity index is 1120. The van der Waals surface area contributed by atoms with Crippen molar-refractivity contribution >= 4 is 12.2 Å². The van der Waals surface area contributed by atoms with Crippen LogP contribution in [-0.2, 0) is 19.8 Å². The second-order valence-electron chi connectivity index (χ2n) is 7.19. The third-order valence-corrected chi connectivity index (χ3v) is 5.51. The summed E-state index contributed by atoms with van der Waals surface area (Å²) in [6.07, 6.45) is 3.58. The quantitative estimate of drug-likeness (QED) is 0.380. The van der Waals surface area contributed by atoms with Crippen LogP contribution in [0.15, 0.2) is 85.2 Å². The van der Waals surface area contributed by atoms with E-state index in [-0.39, 0.29) is 0 Å². The topological polar surface area (TPSA) is 38.9 Å². The summed E-state index contributed by atoms with van der Waals surface area (Å²) in [5, 5.41) is 4.91. The van der Waals surface area contributed by atoms with E-state index in [0.717, 1.165) is 29.2 Å². The highest BCUT2D eigenvalue weighted by molar-refractivity contribution is 7.71. The minimum Gasteiger partial charge on any atom is -0.295 e. The van der Waals surface area contributed by atoms with Gasteiger partial charge in [-0.05, 0) is 42.0 Å². The molecule has 0 bridgehead atoms. The van der Waals surface area contributed by atoms with Gasteiger partial charge in [-0.1, -0.05) is 67.6 Å². The summed E-state index contributed by atoms with van der Waals surface area (Å²) >= 11 is 5.86. The van der Waals surface area contributed by atoms with Crippen LogP contribution in [0.2, 0.25) is 0 Å². The molecular weight excluding hydrogens is 390 g/mol. The highest BCUT2D eigenvalue weighted by Gasteiger charge is 2.15. The van der Waals surface area contributed by atoms with Gasteiger partial charge in [0.1, 0.15) is 0 Å². The van der Waals surface area contributed by atoms with Crippen molar-refractivity contribution in [2.45, 2.75) is 26.7 Å². The maximum atomic E-state index is 5.86. The highest BCUT2D eigenvalue weighted by atomic mass is 32.1. The summed E-state index contributed by atoms with van der Waals surface area (Å²) in [4.78, 5) is 6.48. The van der Waals surface area contributed by atoms with Crippen LogP contribution in [0.4, 0.5) is 0 Å². The average Bonchev–Trinajstić information content (AvgIpc) is 3.10. The van der Waals surface area contributed by atoms with Crippen molar-refractivity contribution in [1.29, 1.82) is 0 Å². The number of hydrogen-bond donors (Lipinski definition) is 0. The molecule has 152 valence electrons. The van der Waals surface area contributed by atoms with Crippen molar-refractivity contribution in [3.63, 3.8) is 0 Å². The molecule has 0 N–H and O–H groups in total. The van der Waals surface area contributed by atoms with Crippen LogP contribution >= 0.6 is 12.2 Å². The Labute approximate surface area is 182 Å². The number of benzene rings is 2. The first-order valence-electron chi connectivity index (χ1n) is 10.1. The molecule has 30 heavy (non-hydrogen) atoms. The molecule has 5 nitrogen and oxygen atoms in total. The Morgan fingerprint density at radius 1 is 0.867 bits per heavy atom. The molecular formula is C24H25N5S. The van der Waals surface area contributed by atoms with Gasteiger partial charge < -0.3 is 0 Å². The van der Waals surface area contributed by atoms with Crippen molar-refractivity contribution in [1.82, 2.24) is 24.2 Å². The smallest absolute Gasteiger partial charge is 0.199 e. The number of pyridine rings is 1. The molecule has 2 aromatic carbocycles. The molecule has 0 atom stereocenters. The van der Waals surface area contributed by atoms with Crippen molar-refractivity contribution in [2.75, 3.05) is 6.54 Å². The van der Waals surface area contributed by atoms with Crippen LogP contribution in [0, 0.1) is 4.77 Å². The third kappa shape index (κ3) is 4.72. The van der Waals surface area contributed by atoms with Crippen LogP contribution in [0.25, 0.3) is 11.4 Å². The van der Waals surface area contributed by atoms with Crippen molar-refractivity contribution in [3.05, 3.63) is 101 Å². The van der Waals surface area contributed by atoms with Crippen molar-refractivity contribution < 1.29 is 0 Å². The molecule has 2 aromatic heterocycles. The minimum absolute atomic E-state index is 0.643. The lowest BCUT2D eigenvalue weighted by Crippen LogP contribution is -2.26. The lowest BCUT2D eigenvalue weighted by molar-refractivity contribution is 0.207. The van der Waals surface area contributed by atoms with Gasteiger partial charge >= 0.3 is 0 Å². The van der Waals surface area contributed by atoms with E-state index in [2.05, 4.69) is 57.8 Å². The third-order valence-electron chi connectivity index (χ3n) is 5.08. The van der Waals surface area contributed by atoms with Crippen LogP contribution in [0.5, 0.6) is 0 Å². The first-order chi connectivity index (χ1) is 14.7. The molecule has 0 radical (unpaired) electrons. The summed E-state index contributed by atoms with van der Waals surface area (Å²) in [7, 11) is 0. The predicted octanol–water partition coefficient (Wildman–Crippen LogP) is 5.00. The van der Waals surface area contributed by atoms with Gasteiger partial charge in [0, 0.05) is 24.5 Å². The summed E-state index contributed by atoms with van der Waals surface area (Å²) in [6.45, 7) is 5.26. The van der Waals surface area contributed by atoms with Gasteiger partial charge in [-0.15, -0.1) is 0 Å². The lowest BCUT2D eigenvalue weighted by atomic mass is 10.2. The fourth-order valence-electron chi connectivity index (χ4n) is 3.45. The Balaban J connectivity index is 1.67. The molecule has 0 saturated heterocycles. The largest absolute Gasteiger partial charge is 0.295 e. The number of nitrogens with zero attached hydrogens (tertiary/aromatic N) is 5. The second-order valence-corrected chi connectivity index (χ2v) is 7.55. The van der Waals surface area contributed by atoms with E-state index in [4.69, 9.17) is 17.3 Å². The van der Waals surface area contributed by atoms with Crippen LogP contribution in [0.3, 0.4) is 0 Å². The summed E-state index contributed by atoms with van der Waals surface area (Å²) < 4.78 is 4.76. The summed E-state index contributed by atoms with van der Waals surface area (Å²) in [6, 6.07) is 24.8. The minimum atomic E-state index is 0.643. The van der Waals surface area contributed by atoms with Gasteiger partial charge in [0.05, 0.1) is 13.2 Å². The Morgan fingerprint density at radius 3 is 2.13 bits per heavy atom. The molecule has 0 spiro atoms. The Kier molecular flexibility index (Phi) is 6.47. The fourth-order valence-corrected chi connectivity index (χ4v) is 3.70. The van der Waals surface area contributed by atoms with E-state index in [9.17, 15) is 0 Å². The Morgan fingerprint density at radius 2 is 1.50 bits per heavy atom. The van der Waals surface area contributed by atoms with Gasteiger partial charge in [0.2, 0.25) is 0 Å². The van der Waals surface area contributed by atoms with Crippen LogP contribution < -0.4 is 0 Å². The molecule has 0 aliphatic rings. The van der Waals surface area contributed by atoms with E-state index in [1.165, 1.54) is 11.1 Å². The molecule has 0 aliphatic heterocycles. The zero-order valence-corrected chi connectivity index (χ0v) is 17.9. The SMILES string of the molecule is CCN(Cc1ccccc1)Cn1nc(-c2ccncc2)n(Cc2ccccc2)c1=S. The molecule has 0 unspecified atom stereocenters.